The van der Waals surface area contributed by atoms with Crippen LogP contribution < -0.4 is 0 Å². The number of aromatic nitrogens is 2. The summed E-state index contributed by atoms with van der Waals surface area (Å²) in [4.78, 5) is 14.3. The number of hydrogen-bond acceptors (Lipinski definition) is 3. The Hall–Kier alpha value is -2.14. The van der Waals surface area contributed by atoms with Crippen molar-refractivity contribution < 1.29 is 9.90 Å². The van der Waals surface area contributed by atoms with Crippen molar-refractivity contribution in [2.75, 3.05) is 13.1 Å². The van der Waals surface area contributed by atoms with Crippen LogP contribution in [0, 0.1) is 26.7 Å². The van der Waals surface area contributed by atoms with Crippen LogP contribution in [-0.2, 0) is 17.6 Å². The van der Waals surface area contributed by atoms with E-state index in [-0.39, 0.29) is 11.8 Å². The molecule has 134 valence electrons. The summed E-state index contributed by atoms with van der Waals surface area (Å²) in [5.41, 5.74) is 5.63. The van der Waals surface area contributed by atoms with E-state index in [1.807, 2.05) is 13.0 Å². The predicted octanol–water partition coefficient (Wildman–Crippen LogP) is 2.33. The molecule has 0 radical (unpaired) electrons. The van der Waals surface area contributed by atoms with E-state index in [9.17, 15) is 9.90 Å². The van der Waals surface area contributed by atoms with E-state index in [1.165, 1.54) is 16.7 Å². The fourth-order valence-electron chi connectivity index (χ4n) is 3.73. The largest absolute Gasteiger partial charge is 0.391 e. The predicted molar refractivity (Wildman–Crippen MR) is 97.3 cm³/mol. The number of aliphatic hydroxyl groups excluding tert-OH is 1. The van der Waals surface area contributed by atoms with Crippen LogP contribution in [0.2, 0.25) is 0 Å². The molecule has 0 aliphatic carbocycles. The molecule has 2 aromatic rings. The molecule has 0 spiro atoms. The second-order valence-corrected chi connectivity index (χ2v) is 7.37. The van der Waals surface area contributed by atoms with E-state index < -0.39 is 6.10 Å². The van der Waals surface area contributed by atoms with Gasteiger partial charge in [-0.2, -0.15) is 5.10 Å². The Morgan fingerprint density at radius 1 is 1.20 bits per heavy atom. The maximum atomic E-state index is 12.5. The van der Waals surface area contributed by atoms with Gasteiger partial charge in [0.25, 0.3) is 0 Å². The van der Waals surface area contributed by atoms with E-state index >= 15 is 0 Å². The molecule has 0 saturated carbocycles. The third-order valence-electron chi connectivity index (χ3n) is 4.90. The molecule has 0 unspecified atom stereocenters. The van der Waals surface area contributed by atoms with Crippen LogP contribution in [0.3, 0.4) is 0 Å². The molecular weight excluding hydrogens is 314 g/mol. The van der Waals surface area contributed by atoms with E-state index in [1.54, 1.807) is 4.90 Å². The number of β-amino-alcohol motifs (C(OH)–C–C–N with tert-alkyl or cyclic N) is 1. The molecule has 1 aromatic heterocycles. The monoisotopic (exact) mass is 341 g/mol. The van der Waals surface area contributed by atoms with Gasteiger partial charge in [-0.1, -0.05) is 29.3 Å². The molecule has 0 bridgehead atoms. The first kappa shape index (κ1) is 17.7. The minimum atomic E-state index is -0.470. The van der Waals surface area contributed by atoms with Gasteiger partial charge >= 0.3 is 0 Å². The van der Waals surface area contributed by atoms with Gasteiger partial charge < -0.3 is 10.0 Å². The first-order chi connectivity index (χ1) is 11.9. The molecule has 1 amide bonds. The number of aliphatic hydroxyl groups is 1. The van der Waals surface area contributed by atoms with Crippen molar-refractivity contribution in [2.24, 2.45) is 5.92 Å². The Morgan fingerprint density at radius 3 is 2.56 bits per heavy atom. The quantitative estimate of drug-likeness (QED) is 0.877. The Kier molecular flexibility index (Phi) is 5.23. The van der Waals surface area contributed by atoms with Gasteiger partial charge in [-0.05, 0) is 45.2 Å². The van der Waals surface area contributed by atoms with Crippen molar-refractivity contribution in [1.29, 1.82) is 0 Å². The Labute approximate surface area is 149 Å². The molecule has 2 N–H and O–H groups in total. The lowest BCUT2D eigenvalue weighted by atomic mass is 10.00. The normalized spacial score (nSPS) is 20.2. The van der Waals surface area contributed by atoms with Crippen LogP contribution in [0.1, 0.15) is 34.5 Å². The fraction of sp³-hybridized carbons (Fsp3) is 0.500. The minimum absolute atomic E-state index is 0.0628. The van der Waals surface area contributed by atoms with E-state index in [0.717, 1.165) is 17.8 Å². The lowest BCUT2D eigenvalue weighted by Crippen LogP contribution is -2.29. The zero-order valence-corrected chi connectivity index (χ0v) is 15.2. The van der Waals surface area contributed by atoms with Gasteiger partial charge in [0, 0.05) is 31.1 Å². The van der Waals surface area contributed by atoms with Gasteiger partial charge in [0.05, 0.1) is 11.8 Å². The summed E-state index contributed by atoms with van der Waals surface area (Å²) in [5.74, 6) is 0.187. The molecular formula is C20H27N3O2. The highest BCUT2D eigenvalue weighted by molar-refractivity contribution is 5.76. The number of aryl methyl sites for hydroxylation is 4. The lowest BCUT2D eigenvalue weighted by Gasteiger charge is -2.16. The number of likely N-dealkylation sites (tertiary alicyclic amines) is 1. The topological polar surface area (TPSA) is 69.2 Å². The molecule has 5 heteroatoms. The maximum absolute atomic E-state index is 12.5. The third kappa shape index (κ3) is 4.48. The zero-order chi connectivity index (χ0) is 18.0. The number of nitrogens with zero attached hydrogens (tertiary/aromatic N) is 2. The van der Waals surface area contributed by atoms with E-state index in [2.05, 4.69) is 42.2 Å². The molecule has 3 rings (SSSR count). The smallest absolute Gasteiger partial charge is 0.223 e. The molecule has 1 aliphatic heterocycles. The summed E-state index contributed by atoms with van der Waals surface area (Å²) < 4.78 is 0. The number of amides is 1. The Morgan fingerprint density at radius 2 is 1.92 bits per heavy atom. The van der Waals surface area contributed by atoms with Gasteiger partial charge in [-0.15, -0.1) is 0 Å². The van der Waals surface area contributed by atoms with Crippen LogP contribution in [0.25, 0.3) is 0 Å². The van der Waals surface area contributed by atoms with Gasteiger partial charge in [0.2, 0.25) is 5.91 Å². The van der Waals surface area contributed by atoms with Crippen LogP contribution in [0.4, 0.5) is 0 Å². The molecule has 1 saturated heterocycles. The summed E-state index contributed by atoms with van der Waals surface area (Å²) >= 11 is 0. The van der Waals surface area contributed by atoms with Crippen molar-refractivity contribution in [1.82, 2.24) is 15.1 Å². The number of aromatic amines is 1. The Bertz CT molecular complexity index is 733. The Balaban J connectivity index is 1.54. The molecule has 1 aromatic carbocycles. The summed E-state index contributed by atoms with van der Waals surface area (Å²) in [7, 11) is 0. The number of carbonyl (C=O) groups excluding carboxylic acids is 1. The van der Waals surface area contributed by atoms with Crippen LogP contribution in [0.5, 0.6) is 0 Å². The summed E-state index contributed by atoms with van der Waals surface area (Å²) in [6, 6.07) is 8.42. The van der Waals surface area contributed by atoms with Crippen LogP contribution in [0.15, 0.2) is 24.3 Å². The number of carbonyl (C=O) groups is 1. The van der Waals surface area contributed by atoms with Gasteiger partial charge in [0.1, 0.15) is 0 Å². The van der Waals surface area contributed by atoms with Crippen LogP contribution in [-0.4, -0.2) is 45.3 Å². The first-order valence-corrected chi connectivity index (χ1v) is 8.94. The van der Waals surface area contributed by atoms with Crippen molar-refractivity contribution in [3.05, 3.63) is 52.3 Å². The average Bonchev–Trinajstić information content (AvgIpc) is 3.11. The lowest BCUT2D eigenvalue weighted by molar-refractivity contribution is -0.130. The maximum Gasteiger partial charge on any atom is 0.223 e. The SMILES string of the molecule is Cc1cc(C)cc(CCC(=O)N2C[C@@H](Cc3cc(C)[nH]n3)[C@H](O)C2)c1. The highest BCUT2D eigenvalue weighted by Gasteiger charge is 2.34. The van der Waals surface area contributed by atoms with Crippen molar-refractivity contribution >= 4 is 5.91 Å². The zero-order valence-electron chi connectivity index (χ0n) is 15.2. The molecule has 1 aliphatic rings. The molecule has 2 atom stereocenters. The molecule has 2 heterocycles. The number of nitrogens with one attached hydrogen (secondary N) is 1. The summed E-state index contributed by atoms with van der Waals surface area (Å²) in [6.45, 7) is 7.16. The van der Waals surface area contributed by atoms with E-state index in [4.69, 9.17) is 0 Å². The average molecular weight is 341 g/mol. The van der Waals surface area contributed by atoms with Gasteiger partial charge in [-0.3, -0.25) is 9.89 Å². The number of hydrogen-bond donors (Lipinski definition) is 2. The fourth-order valence-corrected chi connectivity index (χ4v) is 3.73. The number of H-pyrrole nitrogens is 1. The number of rotatable bonds is 5. The van der Waals surface area contributed by atoms with E-state index in [0.29, 0.717) is 25.9 Å². The molecule has 5 nitrogen and oxygen atoms in total. The minimum Gasteiger partial charge on any atom is -0.391 e. The van der Waals surface area contributed by atoms with Crippen LogP contribution >= 0.6 is 0 Å². The second kappa shape index (κ2) is 7.40. The molecule has 1 fully saturated rings. The summed E-state index contributed by atoms with van der Waals surface area (Å²) in [6.07, 6.45) is 1.47. The number of benzene rings is 1. The van der Waals surface area contributed by atoms with Gasteiger partial charge in [-0.25, -0.2) is 0 Å². The van der Waals surface area contributed by atoms with Crippen molar-refractivity contribution in [2.45, 2.75) is 46.1 Å². The highest BCUT2D eigenvalue weighted by Crippen LogP contribution is 2.22. The molecule has 25 heavy (non-hydrogen) atoms. The van der Waals surface area contributed by atoms with Gasteiger partial charge in [0.15, 0.2) is 0 Å². The summed E-state index contributed by atoms with van der Waals surface area (Å²) in [5, 5.41) is 17.5. The third-order valence-corrected chi connectivity index (χ3v) is 4.90. The van der Waals surface area contributed by atoms with Crippen molar-refractivity contribution in [3.63, 3.8) is 0 Å². The highest BCUT2D eigenvalue weighted by atomic mass is 16.3. The van der Waals surface area contributed by atoms with Crippen molar-refractivity contribution in [3.8, 4) is 0 Å². The standard InChI is InChI=1S/C20H27N3O2/c1-13-6-14(2)8-16(7-13)4-5-20(25)23-11-17(19(24)12-23)10-18-9-15(3)21-22-18/h6-9,17,19,24H,4-5,10-12H2,1-3H3,(H,21,22)/t17-,19-/m1/s1. The second-order valence-electron chi connectivity index (χ2n) is 7.37. The first-order valence-electron chi connectivity index (χ1n) is 8.94.